The van der Waals surface area contributed by atoms with Crippen LogP contribution in [0.4, 0.5) is 24.5 Å². The van der Waals surface area contributed by atoms with E-state index in [0.29, 0.717) is 48.7 Å². The van der Waals surface area contributed by atoms with Crippen LogP contribution in [0.25, 0.3) is 10.4 Å². The number of nitrogens with one attached hydrogen (secondary N) is 2. The number of ether oxygens (including phenoxy) is 3. The van der Waals surface area contributed by atoms with Crippen LogP contribution in [-0.2, 0) is 20.6 Å². The van der Waals surface area contributed by atoms with Gasteiger partial charge in [0, 0.05) is 30.4 Å². The van der Waals surface area contributed by atoms with E-state index in [4.69, 9.17) is 26.4 Å². The van der Waals surface area contributed by atoms with Gasteiger partial charge in [-0.3, -0.25) is 19.3 Å². The Labute approximate surface area is 448 Å². The number of alkyl halides is 3. The average molecular weight is 1080 g/mol. The van der Waals surface area contributed by atoms with Crippen molar-refractivity contribution in [3.05, 3.63) is 113 Å². The van der Waals surface area contributed by atoms with Crippen LogP contribution in [0, 0.1) is 23.7 Å². The first-order valence-corrected chi connectivity index (χ1v) is 26.3. The number of β-amino-alcohol motifs (C(OH)–C–C–N with tert-alkyl or cyclic N) is 1. The Kier molecular flexibility index (Phi) is 16.3. The molecule has 4 N–H and O–H groups in total. The van der Waals surface area contributed by atoms with Gasteiger partial charge in [-0.1, -0.05) is 45.0 Å². The second-order valence-electron chi connectivity index (χ2n) is 21.0. The number of anilines is 2. The molecule has 8 rings (SSSR count). The van der Waals surface area contributed by atoms with Gasteiger partial charge in [0.25, 0.3) is 5.91 Å². The van der Waals surface area contributed by atoms with Crippen molar-refractivity contribution in [1.82, 2.24) is 25.5 Å². The number of likely N-dealkylation sites (tertiary alicyclic amines) is 1. The highest BCUT2D eigenvalue weighted by atomic mass is 32.1. The van der Waals surface area contributed by atoms with E-state index >= 15 is 0 Å². The summed E-state index contributed by atoms with van der Waals surface area (Å²) in [6.07, 6.45) is -2.95. The number of aromatic nitrogens is 2. The molecule has 2 saturated heterocycles. The first-order valence-electron chi connectivity index (χ1n) is 25.0. The minimum atomic E-state index is -4.78. The van der Waals surface area contributed by atoms with Gasteiger partial charge in [-0.15, -0.1) is 11.3 Å². The van der Waals surface area contributed by atoms with E-state index in [2.05, 4.69) is 20.6 Å². The Bertz CT molecular complexity index is 2960. The number of thiazole rings is 1. The Balaban J connectivity index is 0.788. The number of halogens is 3. The van der Waals surface area contributed by atoms with Gasteiger partial charge < -0.3 is 44.9 Å². The Morgan fingerprint density at radius 2 is 1.55 bits per heavy atom. The lowest BCUT2D eigenvalue weighted by molar-refractivity contribution is -0.144. The van der Waals surface area contributed by atoms with Crippen LogP contribution >= 0.6 is 23.6 Å². The molecule has 5 atom stereocenters. The van der Waals surface area contributed by atoms with Crippen molar-refractivity contribution in [1.29, 1.82) is 5.26 Å². The fraction of sp³-hybridized carbons (Fsp3) is 0.436. The van der Waals surface area contributed by atoms with Gasteiger partial charge in [-0.25, -0.2) is 9.97 Å². The topological polar surface area (TPSA) is 203 Å². The molecule has 2 aromatic heterocycles. The van der Waals surface area contributed by atoms with Gasteiger partial charge >= 0.3 is 6.18 Å². The van der Waals surface area contributed by atoms with E-state index in [-0.39, 0.29) is 42.0 Å². The van der Waals surface area contributed by atoms with E-state index in [1.54, 1.807) is 78.1 Å². The van der Waals surface area contributed by atoms with Crippen LogP contribution in [0.2, 0.25) is 0 Å². The summed E-state index contributed by atoms with van der Waals surface area (Å²) in [6, 6.07) is 20.7. The van der Waals surface area contributed by atoms with E-state index in [1.165, 1.54) is 22.1 Å². The molecule has 4 heterocycles. The summed E-state index contributed by atoms with van der Waals surface area (Å²) < 4.78 is 59.7. The van der Waals surface area contributed by atoms with Crippen molar-refractivity contribution in [2.24, 2.45) is 5.41 Å². The van der Waals surface area contributed by atoms with Gasteiger partial charge in [0.2, 0.25) is 17.7 Å². The first-order chi connectivity index (χ1) is 35.9. The maximum atomic E-state index is 14.2. The monoisotopic (exact) mass is 1080 g/mol. The molecule has 16 nitrogen and oxygen atoms in total. The van der Waals surface area contributed by atoms with Crippen LogP contribution in [-0.4, -0.2) is 103 Å². The molecule has 0 spiro atoms. The molecule has 76 heavy (non-hydrogen) atoms. The van der Waals surface area contributed by atoms with Gasteiger partial charge in [0.1, 0.15) is 29.7 Å². The highest BCUT2D eigenvalue weighted by molar-refractivity contribution is 7.80. The summed E-state index contributed by atoms with van der Waals surface area (Å²) in [5.74, 6) is -0.164. The summed E-state index contributed by atoms with van der Waals surface area (Å²) in [4.78, 5) is 55.3. The largest absolute Gasteiger partial charge is 0.490 e. The summed E-state index contributed by atoms with van der Waals surface area (Å²) in [7, 11) is 0. The third-order valence-electron chi connectivity index (χ3n) is 14.0. The van der Waals surface area contributed by atoms with Crippen molar-refractivity contribution < 1.29 is 52.0 Å². The Morgan fingerprint density at radius 1 is 0.908 bits per heavy atom. The third kappa shape index (κ3) is 12.2. The van der Waals surface area contributed by atoms with E-state index in [1.807, 2.05) is 58.9 Å². The number of aliphatic hydroxyl groups is 2. The maximum Gasteiger partial charge on any atom is 0.417 e. The van der Waals surface area contributed by atoms with Crippen molar-refractivity contribution in [3.63, 3.8) is 0 Å². The highest BCUT2D eigenvalue weighted by Gasteiger charge is 2.51. The molecule has 3 amide bonds. The number of thiocarbonyl (C=S) groups is 1. The van der Waals surface area contributed by atoms with Crippen LogP contribution in [0.3, 0.4) is 0 Å². The molecule has 3 fully saturated rings. The van der Waals surface area contributed by atoms with Crippen molar-refractivity contribution in [2.45, 2.75) is 135 Å². The van der Waals surface area contributed by atoms with Crippen molar-refractivity contribution >= 4 is 57.8 Å². The van der Waals surface area contributed by atoms with Crippen LogP contribution in [0.5, 0.6) is 17.4 Å². The predicted octanol–water partition coefficient (Wildman–Crippen LogP) is 8.63. The minimum Gasteiger partial charge on any atom is -0.490 e. The number of pyridine rings is 1. The molecule has 21 heteroatoms. The fourth-order valence-corrected chi connectivity index (χ4v) is 11.2. The third-order valence-corrected chi connectivity index (χ3v) is 15.4. The molecular weight excluding hydrogens is 1020 g/mol. The molecular formula is C55H61F3N8O8S2. The van der Waals surface area contributed by atoms with Crippen molar-refractivity contribution in [2.75, 3.05) is 23.0 Å². The smallest absolute Gasteiger partial charge is 0.417 e. The number of aliphatic hydroxyl groups excluding tert-OH is 2. The lowest BCUT2D eigenvalue weighted by atomic mass is 9.85. The second-order valence-corrected chi connectivity index (χ2v) is 22.2. The average Bonchev–Trinajstić information content (AvgIpc) is 4.08. The maximum absolute atomic E-state index is 14.2. The second kappa shape index (κ2) is 22.4. The quantitative estimate of drug-likeness (QED) is 0.0726. The molecule has 1 aliphatic carbocycles. The molecule has 0 radical (unpaired) electrons. The number of amides is 3. The zero-order chi connectivity index (χ0) is 54.9. The number of carbonyl (C=O) groups is 3. The minimum absolute atomic E-state index is 0.00748. The van der Waals surface area contributed by atoms with Crippen molar-refractivity contribution in [3.8, 4) is 33.9 Å². The number of hydrogen-bond donors (Lipinski definition) is 4. The van der Waals surface area contributed by atoms with E-state index in [0.717, 1.165) is 33.8 Å². The molecule has 1 unspecified atom stereocenters. The van der Waals surface area contributed by atoms with Crippen LogP contribution in [0.15, 0.2) is 90.6 Å². The lowest BCUT2D eigenvalue weighted by Crippen LogP contribution is -2.58. The van der Waals surface area contributed by atoms with E-state index < -0.39 is 77.0 Å². The molecule has 402 valence electrons. The standard InChI is InChI=1S/C55H61F3N8O8S2/c1-31(33-8-10-34(11-9-33)47-32(2)61-30-76-47)62-49(69)44-25-38(67)28-64(44)50(70)48(53(3,4)5)63-45(68)29-72-42-22-23-46(60-27-42)74-41-20-18-40(19-21-41)73-39-16-14-36(15-17-39)66-52(75)65(51(71)54(66,6)7)37-13-12-35(26-59)43(24-37)55(56,57)58/h8-17,22-24,27,30-31,38,40-41,44,48,51,67,71H,18-21,25,28-29H2,1-7H3,(H,62,69)(H,63,68)/t31-,38+,40-,41-,44-,48+,51?/m0/s1. The first kappa shape index (κ1) is 55.4. The number of nitriles is 1. The molecule has 1 saturated carbocycles. The molecule has 2 aliphatic heterocycles. The van der Waals surface area contributed by atoms with Crippen LogP contribution < -0.4 is 34.6 Å². The van der Waals surface area contributed by atoms with E-state index in [9.17, 15) is 43.0 Å². The van der Waals surface area contributed by atoms with Crippen LogP contribution in [0.1, 0.15) is 102 Å². The summed E-state index contributed by atoms with van der Waals surface area (Å²) in [5.41, 5.74) is 1.80. The summed E-state index contributed by atoms with van der Waals surface area (Å²) in [6.45, 7) is 12.2. The number of aryl methyl sites for hydroxylation is 1. The zero-order valence-electron chi connectivity index (χ0n) is 43.1. The number of hydrogen-bond acceptors (Lipinski definition) is 13. The SMILES string of the molecule is Cc1ncsc1-c1ccc([C@H](C)NC(=O)[C@@H]2C[C@@H](O)CN2C(=O)[C@@H](NC(=O)COc2ccc(O[C@H]3CC[C@H](Oc4ccc(N5C(=S)N(c6ccc(C#N)c(C(F)(F)F)c6)C(O)C5(C)C)cc4)CC3)nc2)C(C)(C)C)cc1. The summed E-state index contributed by atoms with van der Waals surface area (Å²) >= 11 is 7.29. The van der Waals surface area contributed by atoms with Gasteiger partial charge in [0.15, 0.2) is 17.9 Å². The molecule has 3 aliphatic rings. The number of benzene rings is 3. The number of carbonyl (C=O) groups excluding carboxylic acids is 3. The normalized spacial score (nSPS) is 21.4. The summed E-state index contributed by atoms with van der Waals surface area (Å²) in [5, 5.41) is 37.2. The Morgan fingerprint density at radius 3 is 2.14 bits per heavy atom. The molecule has 3 aromatic carbocycles. The highest BCUT2D eigenvalue weighted by Crippen LogP contribution is 2.42. The van der Waals surface area contributed by atoms with Gasteiger partial charge in [-0.05, 0) is 131 Å². The predicted molar refractivity (Wildman–Crippen MR) is 284 cm³/mol. The van der Waals surface area contributed by atoms with Gasteiger partial charge in [-0.2, -0.15) is 18.4 Å². The zero-order valence-corrected chi connectivity index (χ0v) is 44.8. The molecule has 5 aromatic rings. The molecule has 0 bridgehead atoms. The fourth-order valence-electron chi connectivity index (χ4n) is 9.79. The Hall–Kier alpha value is -6.86. The number of nitrogens with zero attached hydrogens (tertiary/aromatic N) is 6. The number of rotatable bonds is 15. The van der Waals surface area contributed by atoms with Gasteiger partial charge in [0.05, 0.1) is 63.3 Å². The lowest BCUT2D eigenvalue weighted by Gasteiger charge is -2.35.